The van der Waals surface area contributed by atoms with Crippen molar-refractivity contribution in [2.75, 3.05) is 6.54 Å². The Morgan fingerprint density at radius 1 is 1.04 bits per heavy atom. The minimum absolute atomic E-state index is 0.129. The average molecular weight is 367 g/mol. The first-order chi connectivity index (χ1) is 13.1. The molecule has 2 N–H and O–H groups in total. The molecule has 0 spiro atoms. The van der Waals surface area contributed by atoms with Gasteiger partial charge in [0.05, 0.1) is 11.7 Å². The summed E-state index contributed by atoms with van der Waals surface area (Å²) in [7, 11) is 0. The summed E-state index contributed by atoms with van der Waals surface area (Å²) in [6.07, 6.45) is 4.50. The van der Waals surface area contributed by atoms with Gasteiger partial charge in [0.25, 0.3) is 5.91 Å². The number of hydrogen-bond acceptors (Lipinski definition) is 3. The number of nitrogens with one attached hydrogen (secondary N) is 1. The molecule has 2 aromatic rings. The van der Waals surface area contributed by atoms with Gasteiger partial charge < -0.3 is 15.2 Å². The molecule has 0 radical (unpaired) electrons. The van der Waals surface area contributed by atoms with E-state index in [2.05, 4.69) is 5.32 Å². The van der Waals surface area contributed by atoms with E-state index in [1.807, 2.05) is 30.3 Å². The Morgan fingerprint density at radius 2 is 1.70 bits per heavy atom. The molecule has 0 aliphatic heterocycles. The quantitative estimate of drug-likeness (QED) is 0.745. The summed E-state index contributed by atoms with van der Waals surface area (Å²) in [5.41, 5.74) is 2.11. The maximum Gasteiger partial charge on any atom is 0.335 e. The van der Waals surface area contributed by atoms with Gasteiger partial charge in [0.1, 0.15) is 0 Å². The van der Waals surface area contributed by atoms with Gasteiger partial charge in [0.15, 0.2) is 6.10 Å². The van der Waals surface area contributed by atoms with Gasteiger partial charge in [-0.2, -0.15) is 0 Å². The standard InChI is InChI=1S/C22H25NO4/c24-21(23-15-14-16-10-12-18(13-11-16)22(25)26)20(17-6-2-1-3-7-17)27-19-8-4-5-9-19/h1-3,6-7,10-13,19-20H,4-5,8-9,14-15H2,(H,23,24)(H,25,26)/t20-/m0/s1. The molecule has 3 rings (SSSR count). The van der Waals surface area contributed by atoms with E-state index in [1.165, 1.54) is 0 Å². The number of carbonyl (C=O) groups excluding carboxylic acids is 1. The van der Waals surface area contributed by atoms with Gasteiger partial charge >= 0.3 is 5.97 Å². The second kappa shape index (κ2) is 9.33. The molecule has 1 saturated carbocycles. The summed E-state index contributed by atoms with van der Waals surface area (Å²) in [5, 5.41) is 11.9. The molecule has 2 aromatic carbocycles. The van der Waals surface area contributed by atoms with Crippen LogP contribution < -0.4 is 5.32 Å². The lowest BCUT2D eigenvalue weighted by Crippen LogP contribution is -2.34. The zero-order chi connectivity index (χ0) is 19.1. The Bertz CT molecular complexity index is 752. The Labute approximate surface area is 159 Å². The SMILES string of the molecule is O=C(O)c1ccc(CCNC(=O)[C@@H](OC2CCCC2)c2ccccc2)cc1. The van der Waals surface area contributed by atoms with Gasteiger partial charge in [-0.1, -0.05) is 55.3 Å². The molecule has 5 heteroatoms. The molecule has 1 aliphatic rings. The molecule has 0 unspecified atom stereocenters. The predicted molar refractivity (Wildman–Crippen MR) is 103 cm³/mol. The Kier molecular flexibility index (Phi) is 6.60. The smallest absolute Gasteiger partial charge is 0.335 e. The first kappa shape index (κ1) is 19.1. The van der Waals surface area contributed by atoms with Crippen molar-refractivity contribution in [3.8, 4) is 0 Å². The summed E-state index contributed by atoms with van der Waals surface area (Å²) in [4.78, 5) is 23.6. The fourth-order valence-corrected chi connectivity index (χ4v) is 3.37. The second-order valence-electron chi connectivity index (χ2n) is 6.88. The normalized spacial score (nSPS) is 15.4. The summed E-state index contributed by atoms with van der Waals surface area (Å²) < 4.78 is 6.13. The van der Waals surface area contributed by atoms with Crippen LogP contribution in [-0.4, -0.2) is 29.6 Å². The zero-order valence-electron chi connectivity index (χ0n) is 15.3. The van der Waals surface area contributed by atoms with Crippen molar-refractivity contribution in [3.63, 3.8) is 0 Å². The number of carboxylic acid groups (broad SMARTS) is 1. The molecular weight excluding hydrogens is 342 g/mol. The van der Waals surface area contributed by atoms with E-state index in [4.69, 9.17) is 9.84 Å². The third kappa shape index (κ3) is 5.41. The lowest BCUT2D eigenvalue weighted by molar-refractivity contribution is -0.137. The highest BCUT2D eigenvalue weighted by Gasteiger charge is 2.26. The average Bonchev–Trinajstić information content (AvgIpc) is 3.20. The van der Waals surface area contributed by atoms with E-state index in [0.29, 0.717) is 13.0 Å². The zero-order valence-corrected chi connectivity index (χ0v) is 15.3. The molecule has 1 atom stereocenters. The minimum atomic E-state index is -0.940. The molecule has 1 fully saturated rings. The number of rotatable bonds is 8. The number of carboxylic acids is 1. The lowest BCUT2D eigenvalue weighted by Gasteiger charge is -2.22. The van der Waals surface area contributed by atoms with Crippen LogP contribution in [0.2, 0.25) is 0 Å². The van der Waals surface area contributed by atoms with Crippen molar-refractivity contribution in [3.05, 3.63) is 71.3 Å². The summed E-state index contributed by atoms with van der Waals surface area (Å²) in [5.74, 6) is -1.07. The predicted octanol–water partition coefficient (Wildman–Crippen LogP) is 3.74. The van der Waals surface area contributed by atoms with Gasteiger partial charge in [0.2, 0.25) is 0 Å². The van der Waals surface area contributed by atoms with Crippen molar-refractivity contribution >= 4 is 11.9 Å². The Hall–Kier alpha value is -2.66. The molecule has 5 nitrogen and oxygen atoms in total. The van der Waals surface area contributed by atoms with Crippen LogP contribution in [0, 0.1) is 0 Å². The van der Waals surface area contributed by atoms with Gasteiger partial charge in [-0.15, -0.1) is 0 Å². The van der Waals surface area contributed by atoms with E-state index < -0.39 is 12.1 Å². The lowest BCUT2D eigenvalue weighted by atomic mass is 10.1. The fourth-order valence-electron chi connectivity index (χ4n) is 3.37. The number of ether oxygens (including phenoxy) is 1. The van der Waals surface area contributed by atoms with E-state index in [-0.39, 0.29) is 17.6 Å². The molecule has 1 aliphatic carbocycles. The van der Waals surface area contributed by atoms with E-state index >= 15 is 0 Å². The Morgan fingerprint density at radius 3 is 2.33 bits per heavy atom. The number of aromatic carboxylic acids is 1. The van der Waals surface area contributed by atoms with Crippen molar-refractivity contribution in [2.24, 2.45) is 0 Å². The van der Waals surface area contributed by atoms with Gasteiger partial charge in [-0.3, -0.25) is 4.79 Å². The fraction of sp³-hybridized carbons (Fsp3) is 0.364. The topological polar surface area (TPSA) is 75.6 Å². The van der Waals surface area contributed by atoms with Gasteiger partial charge in [-0.25, -0.2) is 4.79 Å². The van der Waals surface area contributed by atoms with Gasteiger partial charge in [0, 0.05) is 6.54 Å². The van der Waals surface area contributed by atoms with E-state index in [9.17, 15) is 9.59 Å². The Balaban J connectivity index is 1.57. The van der Waals surface area contributed by atoms with Crippen LogP contribution in [0.25, 0.3) is 0 Å². The van der Waals surface area contributed by atoms with Crippen LogP contribution in [0.15, 0.2) is 54.6 Å². The number of benzene rings is 2. The number of hydrogen-bond donors (Lipinski definition) is 2. The maximum absolute atomic E-state index is 12.8. The first-order valence-electron chi connectivity index (χ1n) is 9.44. The highest BCUT2D eigenvalue weighted by molar-refractivity contribution is 5.87. The van der Waals surface area contributed by atoms with Crippen molar-refractivity contribution in [1.82, 2.24) is 5.32 Å². The van der Waals surface area contributed by atoms with E-state index in [0.717, 1.165) is 36.8 Å². The summed E-state index contributed by atoms with van der Waals surface area (Å²) in [6, 6.07) is 16.3. The van der Waals surface area contributed by atoms with Crippen molar-refractivity contribution in [2.45, 2.75) is 44.3 Å². The minimum Gasteiger partial charge on any atom is -0.478 e. The largest absolute Gasteiger partial charge is 0.478 e. The van der Waals surface area contributed by atoms with Crippen LogP contribution in [0.4, 0.5) is 0 Å². The molecular formula is C22H25NO4. The van der Waals surface area contributed by atoms with Crippen molar-refractivity contribution in [1.29, 1.82) is 0 Å². The molecule has 0 aromatic heterocycles. The van der Waals surface area contributed by atoms with Crippen molar-refractivity contribution < 1.29 is 19.4 Å². The highest BCUT2D eigenvalue weighted by Crippen LogP contribution is 2.28. The summed E-state index contributed by atoms with van der Waals surface area (Å²) >= 11 is 0. The molecule has 142 valence electrons. The van der Waals surface area contributed by atoms with Crippen LogP contribution in [-0.2, 0) is 16.0 Å². The second-order valence-corrected chi connectivity index (χ2v) is 6.88. The van der Waals surface area contributed by atoms with Crippen LogP contribution in [0.3, 0.4) is 0 Å². The number of carbonyl (C=O) groups is 2. The molecule has 0 bridgehead atoms. The first-order valence-corrected chi connectivity index (χ1v) is 9.44. The van der Waals surface area contributed by atoms with Crippen LogP contribution in [0.5, 0.6) is 0 Å². The molecule has 27 heavy (non-hydrogen) atoms. The van der Waals surface area contributed by atoms with Crippen LogP contribution >= 0.6 is 0 Å². The molecule has 0 saturated heterocycles. The van der Waals surface area contributed by atoms with Crippen LogP contribution in [0.1, 0.15) is 53.3 Å². The highest BCUT2D eigenvalue weighted by atomic mass is 16.5. The monoisotopic (exact) mass is 367 g/mol. The third-order valence-electron chi connectivity index (χ3n) is 4.88. The van der Waals surface area contributed by atoms with Gasteiger partial charge in [-0.05, 0) is 42.5 Å². The number of amides is 1. The maximum atomic E-state index is 12.8. The van der Waals surface area contributed by atoms with E-state index in [1.54, 1.807) is 24.3 Å². The third-order valence-corrected chi connectivity index (χ3v) is 4.88. The molecule has 0 heterocycles. The molecule has 1 amide bonds. The summed E-state index contributed by atoms with van der Waals surface area (Å²) in [6.45, 7) is 0.475.